The largest absolute Gasteiger partial charge is 0.424 e. The fraction of sp³-hybridized carbons (Fsp3) is 0.150. The summed E-state index contributed by atoms with van der Waals surface area (Å²) in [5.41, 5.74) is 9.44. The number of aryl methyl sites for hydroxylation is 3. The van der Waals surface area contributed by atoms with Crippen molar-refractivity contribution in [1.29, 1.82) is 5.26 Å². The summed E-state index contributed by atoms with van der Waals surface area (Å²) in [4.78, 5) is 23.9. The number of carbonyl (C=O) groups is 1. The van der Waals surface area contributed by atoms with Gasteiger partial charge in [0.1, 0.15) is 5.75 Å². The van der Waals surface area contributed by atoms with E-state index in [4.69, 9.17) is 15.7 Å². The number of hydrogen-bond donors (Lipinski definition) is 2. The number of amides is 1. The molecule has 0 saturated heterocycles. The van der Waals surface area contributed by atoms with Crippen LogP contribution < -0.4 is 15.8 Å². The van der Waals surface area contributed by atoms with E-state index in [-0.39, 0.29) is 17.8 Å². The lowest BCUT2D eigenvalue weighted by Gasteiger charge is -2.13. The monoisotopic (exact) mass is 374 g/mol. The lowest BCUT2D eigenvalue weighted by atomic mass is 10.1. The van der Waals surface area contributed by atoms with Crippen molar-refractivity contribution in [2.24, 2.45) is 5.73 Å². The molecule has 3 N–H and O–H groups in total. The molecule has 0 spiro atoms. The Labute approximate surface area is 162 Å². The van der Waals surface area contributed by atoms with Crippen LogP contribution in [0.1, 0.15) is 32.9 Å². The molecule has 2 aromatic carbocycles. The molecule has 3 aromatic rings. The first-order valence-corrected chi connectivity index (χ1v) is 8.44. The highest BCUT2D eigenvalue weighted by atomic mass is 16.5. The minimum atomic E-state index is -0.799. The Hall–Kier alpha value is -3.99. The van der Waals surface area contributed by atoms with E-state index in [1.54, 1.807) is 24.3 Å². The van der Waals surface area contributed by atoms with Gasteiger partial charge in [-0.15, -0.1) is 0 Å². The lowest BCUT2D eigenvalue weighted by molar-refractivity contribution is 0.0989. The van der Waals surface area contributed by atoms with Crippen molar-refractivity contribution in [2.75, 3.05) is 5.32 Å². The van der Waals surface area contributed by atoms with Gasteiger partial charge in [0, 0.05) is 5.69 Å². The summed E-state index contributed by atoms with van der Waals surface area (Å²) in [5, 5.41) is 11.8. The van der Waals surface area contributed by atoms with E-state index < -0.39 is 5.91 Å². The fourth-order valence-electron chi connectivity index (χ4n) is 2.74. The molecule has 0 radical (unpaired) electrons. The maximum absolute atomic E-state index is 11.6. The minimum Gasteiger partial charge on any atom is -0.424 e. The van der Waals surface area contributed by atoms with E-state index in [0.29, 0.717) is 17.0 Å². The maximum Gasteiger partial charge on any atom is 0.327 e. The van der Waals surface area contributed by atoms with Crippen LogP contribution in [0, 0.1) is 32.1 Å². The van der Waals surface area contributed by atoms with E-state index in [2.05, 4.69) is 20.3 Å². The quantitative estimate of drug-likeness (QED) is 0.701. The number of aromatic nitrogens is 3. The third kappa shape index (κ3) is 4.22. The van der Waals surface area contributed by atoms with Gasteiger partial charge in [-0.05, 0) is 56.2 Å². The van der Waals surface area contributed by atoms with Gasteiger partial charge >= 0.3 is 6.01 Å². The number of nitriles is 1. The summed E-state index contributed by atoms with van der Waals surface area (Å²) in [6.45, 7) is 5.83. The van der Waals surface area contributed by atoms with Crippen molar-refractivity contribution in [1.82, 2.24) is 15.0 Å². The van der Waals surface area contributed by atoms with Crippen LogP contribution in [0.5, 0.6) is 11.8 Å². The van der Waals surface area contributed by atoms with Gasteiger partial charge < -0.3 is 15.8 Å². The van der Waals surface area contributed by atoms with E-state index in [1.165, 1.54) is 0 Å². The van der Waals surface area contributed by atoms with E-state index >= 15 is 0 Å². The number of benzene rings is 2. The predicted molar refractivity (Wildman–Crippen MR) is 104 cm³/mol. The molecule has 0 aliphatic rings. The number of nitrogens with zero attached hydrogens (tertiary/aromatic N) is 4. The number of anilines is 2. The van der Waals surface area contributed by atoms with Gasteiger partial charge in [-0.3, -0.25) is 4.79 Å². The Kier molecular flexibility index (Phi) is 5.18. The highest BCUT2D eigenvalue weighted by Gasteiger charge is 2.15. The van der Waals surface area contributed by atoms with Crippen LogP contribution in [-0.4, -0.2) is 20.9 Å². The SMILES string of the molecule is Cc1cc(C)c(Oc2nc(Nc3ccc(C#N)cc3)nc(C(N)=O)n2)c(C)c1. The van der Waals surface area contributed by atoms with Crippen LogP contribution in [0.25, 0.3) is 0 Å². The van der Waals surface area contributed by atoms with Crippen LogP contribution in [0.3, 0.4) is 0 Å². The van der Waals surface area contributed by atoms with E-state index in [9.17, 15) is 4.79 Å². The Morgan fingerprint density at radius 1 is 1.07 bits per heavy atom. The second-order valence-corrected chi connectivity index (χ2v) is 6.27. The topological polar surface area (TPSA) is 127 Å². The molecular weight excluding hydrogens is 356 g/mol. The number of nitrogens with one attached hydrogen (secondary N) is 1. The second kappa shape index (κ2) is 7.72. The smallest absolute Gasteiger partial charge is 0.327 e. The van der Waals surface area contributed by atoms with Crippen LogP contribution in [-0.2, 0) is 0 Å². The first-order chi connectivity index (χ1) is 13.4. The lowest BCUT2D eigenvalue weighted by Crippen LogP contribution is -2.17. The van der Waals surface area contributed by atoms with Gasteiger partial charge in [-0.25, -0.2) is 0 Å². The van der Waals surface area contributed by atoms with Gasteiger partial charge in [-0.2, -0.15) is 20.2 Å². The Morgan fingerprint density at radius 3 is 2.29 bits per heavy atom. The average Bonchev–Trinajstić information content (AvgIpc) is 2.65. The molecular formula is C20H18N6O2. The third-order valence-corrected chi connectivity index (χ3v) is 3.90. The zero-order chi connectivity index (χ0) is 20.3. The molecule has 0 unspecified atom stereocenters. The fourth-order valence-corrected chi connectivity index (χ4v) is 2.74. The molecule has 28 heavy (non-hydrogen) atoms. The number of hydrogen-bond acceptors (Lipinski definition) is 7. The summed E-state index contributed by atoms with van der Waals surface area (Å²) in [7, 11) is 0. The standard InChI is InChI=1S/C20H18N6O2/c1-11-8-12(2)16(13(3)9-11)28-20-25-18(17(22)27)24-19(26-20)23-15-6-4-14(10-21)5-7-15/h4-9H,1-3H3,(H2,22,27)(H,23,24,25,26). The average molecular weight is 374 g/mol. The molecule has 0 fully saturated rings. The molecule has 1 amide bonds. The molecule has 1 aromatic heterocycles. The molecule has 0 aliphatic carbocycles. The van der Waals surface area contributed by atoms with Gasteiger partial charge in [0.05, 0.1) is 11.6 Å². The van der Waals surface area contributed by atoms with Gasteiger partial charge in [-0.1, -0.05) is 17.7 Å². The van der Waals surface area contributed by atoms with E-state index in [1.807, 2.05) is 39.0 Å². The Bertz CT molecular complexity index is 1060. The molecule has 3 rings (SSSR count). The van der Waals surface area contributed by atoms with Crippen molar-refractivity contribution in [3.05, 3.63) is 64.5 Å². The van der Waals surface area contributed by atoms with Crippen molar-refractivity contribution >= 4 is 17.5 Å². The molecule has 8 nitrogen and oxygen atoms in total. The summed E-state index contributed by atoms with van der Waals surface area (Å²) in [6.07, 6.45) is 0. The van der Waals surface area contributed by atoms with Crippen LogP contribution in [0.15, 0.2) is 36.4 Å². The van der Waals surface area contributed by atoms with Crippen LogP contribution >= 0.6 is 0 Å². The number of primary amides is 1. The second-order valence-electron chi connectivity index (χ2n) is 6.27. The van der Waals surface area contributed by atoms with Crippen LogP contribution in [0.4, 0.5) is 11.6 Å². The van der Waals surface area contributed by atoms with Gasteiger partial charge in [0.15, 0.2) is 0 Å². The maximum atomic E-state index is 11.6. The molecule has 0 saturated carbocycles. The normalized spacial score (nSPS) is 10.2. The van der Waals surface area contributed by atoms with Crippen LogP contribution in [0.2, 0.25) is 0 Å². The first kappa shape index (κ1) is 18.8. The zero-order valence-corrected chi connectivity index (χ0v) is 15.6. The minimum absolute atomic E-state index is 0.0463. The summed E-state index contributed by atoms with van der Waals surface area (Å²) >= 11 is 0. The summed E-state index contributed by atoms with van der Waals surface area (Å²) < 4.78 is 5.85. The highest BCUT2D eigenvalue weighted by molar-refractivity contribution is 5.89. The molecule has 8 heteroatoms. The first-order valence-electron chi connectivity index (χ1n) is 8.44. The molecule has 0 bridgehead atoms. The summed E-state index contributed by atoms with van der Waals surface area (Å²) in [6, 6.07) is 12.6. The predicted octanol–water partition coefficient (Wildman–Crippen LogP) is 3.30. The molecule has 1 heterocycles. The van der Waals surface area contributed by atoms with Crippen molar-refractivity contribution < 1.29 is 9.53 Å². The van der Waals surface area contributed by atoms with Crippen molar-refractivity contribution in [3.8, 4) is 17.8 Å². The zero-order valence-electron chi connectivity index (χ0n) is 15.6. The van der Waals surface area contributed by atoms with Crippen molar-refractivity contribution in [2.45, 2.75) is 20.8 Å². The van der Waals surface area contributed by atoms with Gasteiger partial charge in [0.25, 0.3) is 5.91 Å². The molecule has 140 valence electrons. The van der Waals surface area contributed by atoms with Crippen molar-refractivity contribution in [3.63, 3.8) is 0 Å². The summed E-state index contributed by atoms with van der Waals surface area (Å²) in [5.74, 6) is -0.307. The third-order valence-electron chi connectivity index (χ3n) is 3.90. The Balaban J connectivity index is 1.95. The van der Waals surface area contributed by atoms with Gasteiger partial charge in [0.2, 0.25) is 11.8 Å². The highest BCUT2D eigenvalue weighted by Crippen LogP contribution is 2.28. The molecule has 0 aliphatic heterocycles. The number of ether oxygens (including phenoxy) is 1. The number of nitrogens with two attached hydrogens (primary N) is 1. The number of carbonyl (C=O) groups excluding carboxylic acids is 1. The number of rotatable bonds is 5. The Morgan fingerprint density at radius 2 is 1.71 bits per heavy atom. The van der Waals surface area contributed by atoms with E-state index in [0.717, 1.165) is 16.7 Å². The molecule has 0 atom stereocenters.